The fraction of sp³-hybridized carbons (Fsp3) is 0.833. The van der Waals surface area contributed by atoms with Crippen molar-refractivity contribution < 1.29 is 13.2 Å². The Labute approximate surface area is 158 Å². The number of nitrogens with zero attached hydrogens (tertiary/aromatic N) is 4. The number of aromatic nitrogens is 3. The van der Waals surface area contributed by atoms with Crippen molar-refractivity contribution >= 4 is 5.96 Å². The number of nitrogens with one attached hydrogen (secondary N) is 2. The van der Waals surface area contributed by atoms with Crippen LogP contribution in [0, 0.1) is 12.8 Å². The van der Waals surface area contributed by atoms with Crippen LogP contribution in [0.2, 0.25) is 0 Å². The maximum atomic E-state index is 13.1. The quantitative estimate of drug-likeness (QED) is 0.616. The van der Waals surface area contributed by atoms with E-state index in [9.17, 15) is 13.2 Å². The van der Waals surface area contributed by atoms with Gasteiger partial charge in [0.25, 0.3) is 0 Å². The minimum atomic E-state index is -4.12. The summed E-state index contributed by atoms with van der Waals surface area (Å²) >= 11 is 0. The van der Waals surface area contributed by atoms with Gasteiger partial charge < -0.3 is 15.2 Å². The van der Waals surface area contributed by atoms with Gasteiger partial charge >= 0.3 is 6.18 Å². The first-order valence-electron chi connectivity index (χ1n) is 9.82. The molecule has 152 valence electrons. The smallest absolute Gasteiger partial charge is 0.354 e. The molecule has 2 saturated carbocycles. The van der Waals surface area contributed by atoms with Crippen molar-refractivity contribution in [2.24, 2.45) is 18.0 Å². The monoisotopic (exact) mass is 386 g/mol. The third kappa shape index (κ3) is 5.35. The highest BCUT2D eigenvalue weighted by molar-refractivity contribution is 5.80. The molecule has 1 aromatic rings. The molecule has 2 N–H and O–H groups in total. The van der Waals surface area contributed by atoms with Crippen LogP contribution in [0.3, 0.4) is 0 Å². The van der Waals surface area contributed by atoms with Crippen LogP contribution >= 0.6 is 0 Å². The predicted octanol–water partition coefficient (Wildman–Crippen LogP) is 3.22. The molecule has 2 unspecified atom stereocenters. The van der Waals surface area contributed by atoms with Crippen molar-refractivity contribution in [1.82, 2.24) is 25.4 Å². The molecule has 6 nitrogen and oxygen atoms in total. The first-order valence-corrected chi connectivity index (χ1v) is 9.82. The average Bonchev–Trinajstić information content (AvgIpc) is 3.23. The zero-order valence-electron chi connectivity index (χ0n) is 16.0. The first-order chi connectivity index (χ1) is 12.8. The Morgan fingerprint density at radius 2 is 1.74 bits per heavy atom. The topological polar surface area (TPSA) is 67.1 Å². The van der Waals surface area contributed by atoms with E-state index in [2.05, 4.69) is 25.8 Å². The third-order valence-corrected chi connectivity index (χ3v) is 5.74. The number of alkyl halides is 3. The molecule has 9 heteroatoms. The van der Waals surface area contributed by atoms with Crippen LogP contribution in [0.15, 0.2) is 4.99 Å². The van der Waals surface area contributed by atoms with Crippen molar-refractivity contribution in [3.05, 3.63) is 11.6 Å². The molecule has 2 atom stereocenters. The van der Waals surface area contributed by atoms with E-state index in [0.29, 0.717) is 25.0 Å². The molecular formula is C18H29F3N6. The molecule has 0 spiro atoms. The Kier molecular flexibility index (Phi) is 6.26. The van der Waals surface area contributed by atoms with Crippen molar-refractivity contribution in [2.45, 2.75) is 83.1 Å². The van der Waals surface area contributed by atoms with E-state index in [0.717, 1.165) is 30.9 Å². The van der Waals surface area contributed by atoms with Gasteiger partial charge in [0.1, 0.15) is 12.4 Å². The van der Waals surface area contributed by atoms with Gasteiger partial charge in [0, 0.05) is 19.1 Å². The number of guanidine groups is 1. The van der Waals surface area contributed by atoms with Gasteiger partial charge in [-0.25, -0.2) is 4.99 Å². The van der Waals surface area contributed by atoms with E-state index < -0.39 is 12.1 Å². The maximum Gasteiger partial charge on any atom is 0.391 e. The summed E-state index contributed by atoms with van der Waals surface area (Å²) in [5, 5.41) is 14.8. The Bertz CT molecular complexity index is 648. The minimum Gasteiger partial charge on any atom is -0.354 e. The van der Waals surface area contributed by atoms with Gasteiger partial charge in [-0.2, -0.15) is 13.2 Å². The molecule has 0 aliphatic heterocycles. The van der Waals surface area contributed by atoms with Crippen LogP contribution in [-0.4, -0.2) is 39.0 Å². The summed E-state index contributed by atoms with van der Waals surface area (Å²) in [7, 11) is 1.88. The van der Waals surface area contributed by atoms with Gasteiger partial charge in [-0.15, -0.1) is 10.2 Å². The second-order valence-electron chi connectivity index (χ2n) is 7.76. The standard InChI is InChI=1S/C18H29F3N6/c1-12-25-26-16(27(12)2)11-22-17(23-14-7-3-4-8-14)24-15-9-5-6-13(10-15)18(19,20)21/h13-15H,3-11H2,1-2H3,(H2,22,23,24). The Morgan fingerprint density at radius 1 is 1.07 bits per heavy atom. The fourth-order valence-electron chi connectivity index (χ4n) is 3.95. The number of aryl methyl sites for hydroxylation is 1. The molecule has 1 aromatic heterocycles. The van der Waals surface area contributed by atoms with Crippen molar-refractivity contribution in [3.63, 3.8) is 0 Å². The summed E-state index contributed by atoms with van der Waals surface area (Å²) in [5.41, 5.74) is 0. The molecule has 2 aliphatic carbocycles. The molecule has 0 saturated heterocycles. The molecule has 0 aromatic carbocycles. The van der Waals surface area contributed by atoms with Crippen LogP contribution in [-0.2, 0) is 13.6 Å². The Morgan fingerprint density at radius 3 is 2.37 bits per heavy atom. The van der Waals surface area contributed by atoms with Gasteiger partial charge in [0.15, 0.2) is 11.8 Å². The van der Waals surface area contributed by atoms with Crippen molar-refractivity contribution in [1.29, 1.82) is 0 Å². The average molecular weight is 386 g/mol. The number of hydrogen-bond acceptors (Lipinski definition) is 3. The molecule has 3 rings (SSSR count). The van der Waals surface area contributed by atoms with E-state index in [1.54, 1.807) is 0 Å². The zero-order chi connectivity index (χ0) is 19.4. The summed E-state index contributed by atoms with van der Waals surface area (Å²) in [6, 6.07) is 0.124. The van der Waals surface area contributed by atoms with Crippen LogP contribution in [0.1, 0.15) is 63.0 Å². The van der Waals surface area contributed by atoms with Gasteiger partial charge in [-0.1, -0.05) is 19.3 Å². The summed E-state index contributed by atoms with van der Waals surface area (Å²) in [6.45, 7) is 2.21. The summed E-state index contributed by atoms with van der Waals surface area (Å²) < 4.78 is 41.2. The number of aliphatic imine (C=N–C) groups is 1. The number of rotatable bonds is 4. The first kappa shape index (κ1) is 19.9. The highest BCUT2D eigenvalue weighted by Gasteiger charge is 2.42. The molecule has 0 bridgehead atoms. The Hall–Kier alpha value is -1.80. The van der Waals surface area contributed by atoms with Gasteiger partial charge in [-0.3, -0.25) is 0 Å². The van der Waals surface area contributed by atoms with Crippen molar-refractivity contribution in [3.8, 4) is 0 Å². The molecule has 1 heterocycles. The lowest BCUT2D eigenvalue weighted by atomic mass is 9.85. The molecule has 2 aliphatic rings. The molecule has 27 heavy (non-hydrogen) atoms. The highest BCUT2D eigenvalue weighted by Crippen LogP contribution is 2.37. The SMILES string of the molecule is Cc1nnc(CN=C(NC2CCCC2)NC2CCCC(C(F)(F)F)C2)n1C. The highest BCUT2D eigenvalue weighted by atomic mass is 19.4. The number of halogens is 3. The zero-order valence-corrected chi connectivity index (χ0v) is 16.0. The predicted molar refractivity (Wildman–Crippen MR) is 97.2 cm³/mol. The number of hydrogen-bond donors (Lipinski definition) is 2. The van der Waals surface area contributed by atoms with Crippen LogP contribution in [0.4, 0.5) is 13.2 Å². The largest absolute Gasteiger partial charge is 0.391 e. The third-order valence-electron chi connectivity index (χ3n) is 5.74. The lowest BCUT2D eigenvalue weighted by molar-refractivity contribution is -0.183. The van der Waals surface area contributed by atoms with Crippen LogP contribution < -0.4 is 10.6 Å². The second-order valence-corrected chi connectivity index (χ2v) is 7.76. The van der Waals surface area contributed by atoms with Crippen LogP contribution in [0.5, 0.6) is 0 Å². The Balaban J connectivity index is 1.67. The summed E-state index contributed by atoms with van der Waals surface area (Å²) in [6.07, 6.45) is 2.02. The second kappa shape index (κ2) is 8.48. The summed E-state index contributed by atoms with van der Waals surface area (Å²) in [5.74, 6) is 0.906. The van der Waals surface area contributed by atoms with Gasteiger partial charge in [-0.05, 0) is 39.0 Å². The lowest BCUT2D eigenvalue weighted by Gasteiger charge is -2.32. The fourth-order valence-corrected chi connectivity index (χ4v) is 3.95. The lowest BCUT2D eigenvalue weighted by Crippen LogP contribution is -2.49. The van der Waals surface area contributed by atoms with E-state index in [1.165, 1.54) is 12.8 Å². The maximum absolute atomic E-state index is 13.1. The van der Waals surface area contributed by atoms with Gasteiger partial charge in [0.05, 0.1) is 5.92 Å². The molecule has 0 amide bonds. The van der Waals surface area contributed by atoms with E-state index in [1.807, 2.05) is 18.5 Å². The van der Waals surface area contributed by atoms with Crippen molar-refractivity contribution in [2.75, 3.05) is 0 Å². The van der Waals surface area contributed by atoms with Gasteiger partial charge in [0.2, 0.25) is 0 Å². The van der Waals surface area contributed by atoms with E-state index in [-0.39, 0.29) is 18.9 Å². The molecular weight excluding hydrogens is 357 g/mol. The molecule has 2 fully saturated rings. The molecule has 0 radical (unpaired) electrons. The summed E-state index contributed by atoms with van der Waals surface area (Å²) in [4.78, 5) is 4.60. The van der Waals surface area contributed by atoms with E-state index >= 15 is 0 Å². The normalized spacial score (nSPS) is 25.0. The van der Waals surface area contributed by atoms with E-state index in [4.69, 9.17) is 0 Å². The van der Waals surface area contributed by atoms with Crippen LogP contribution in [0.25, 0.3) is 0 Å². The minimum absolute atomic E-state index is 0.109.